The van der Waals surface area contributed by atoms with Crippen LogP contribution in [0.2, 0.25) is 0 Å². The van der Waals surface area contributed by atoms with Crippen molar-refractivity contribution in [3.63, 3.8) is 0 Å². The fourth-order valence-corrected chi connectivity index (χ4v) is 11.1. The Morgan fingerprint density at radius 1 is 0.292 bits per heavy atom. The Labute approximate surface area is 304 Å². The van der Waals surface area contributed by atoms with Crippen LogP contribution in [0.25, 0.3) is 0 Å². The highest BCUT2D eigenvalue weighted by molar-refractivity contribution is 7.52. The van der Waals surface area contributed by atoms with Crippen LogP contribution in [0.15, 0.2) is 0 Å². The third-order valence-electron chi connectivity index (χ3n) is 11.1. The normalized spacial score (nSPS) is 13.1. The van der Waals surface area contributed by atoms with Crippen molar-refractivity contribution in [1.29, 1.82) is 0 Å². The number of hydrogen-bond acceptors (Lipinski definition) is 4. The van der Waals surface area contributed by atoms with Crippen molar-refractivity contribution in [3.05, 3.63) is 0 Å². The van der Waals surface area contributed by atoms with Crippen LogP contribution in [-0.2, 0) is 0 Å². The highest BCUT2D eigenvalue weighted by Crippen LogP contribution is 2.68. The molecule has 0 aromatic rings. The number of unbranched alkanes of at least 4 members (excludes halogenated alkanes) is 16. The van der Waals surface area contributed by atoms with Gasteiger partial charge in [0.05, 0.1) is 10.3 Å². The van der Waals surface area contributed by atoms with E-state index < -0.39 is 27.1 Å². The van der Waals surface area contributed by atoms with Crippen molar-refractivity contribution in [1.82, 2.24) is 0 Å². The van der Waals surface area contributed by atoms with Crippen molar-refractivity contribution in [2.45, 2.75) is 245 Å². The lowest BCUT2D eigenvalue weighted by Crippen LogP contribution is -2.51. The van der Waals surface area contributed by atoms with Gasteiger partial charge in [-0.3, -0.25) is 0 Å². The molecule has 0 aliphatic rings. The standard InChI is InChI=1S/C42H88O4P2/c1-37(2)29-21-13-9-17-25-33-41(47(43)44,34-26-18-10-14-22-30-38(3)4)42(48(45)46,35-27-19-11-15-23-31-39(5)6)36-28-20-12-16-24-32-40(7)8/h37-40,43-46H,9-36H2,1-8H3. The van der Waals surface area contributed by atoms with Gasteiger partial charge in [0.25, 0.3) is 0 Å². The van der Waals surface area contributed by atoms with Crippen LogP contribution in [0.3, 0.4) is 0 Å². The van der Waals surface area contributed by atoms with E-state index in [0.717, 1.165) is 75.0 Å². The Hall–Kier alpha value is 0.700. The molecule has 0 unspecified atom stereocenters. The first-order valence-corrected chi connectivity index (χ1v) is 23.7. The molecule has 0 saturated heterocycles. The van der Waals surface area contributed by atoms with Gasteiger partial charge in [-0.15, -0.1) is 0 Å². The van der Waals surface area contributed by atoms with Gasteiger partial charge in [0.1, 0.15) is 0 Å². The molecule has 0 bridgehead atoms. The Kier molecular flexibility index (Phi) is 30.6. The van der Waals surface area contributed by atoms with Gasteiger partial charge in [-0.05, 0) is 49.4 Å². The van der Waals surface area contributed by atoms with Gasteiger partial charge in [-0.1, -0.05) is 209 Å². The summed E-state index contributed by atoms with van der Waals surface area (Å²) in [4.78, 5) is 46.0. The van der Waals surface area contributed by atoms with E-state index in [-0.39, 0.29) is 0 Å². The van der Waals surface area contributed by atoms with Crippen LogP contribution in [0.1, 0.15) is 235 Å². The van der Waals surface area contributed by atoms with E-state index in [0.29, 0.717) is 25.7 Å². The Balaban J connectivity index is 5.97. The van der Waals surface area contributed by atoms with Gasteiger partial charge < -0.3 is 19.6 Å². The van der Waals surface area contributed by atoms with Gasteiger partial charge in [0.15, 0.2) is 16.8 Å². The SMILES string of the molecule is CC(C)CCCCCCCC(CCCCCCCC(C)C)(P(O)O)C(CCCCCCCC(C)C)(CCCCCCCC(C)C)P(O)O. The second-order valence-electron chi connectivity index (χ2n) is 17.4. The molecule has 0 radical (unpaired) electrons. The predicted molar refractivity (Wildman–Crippen MR) is 217 cm³/mol. The molecule has 290 valence electrons. The quantitative estimate of drug-likeness (QED) is 0.0388. The summed E-state index contributed by atoms with van der Waals surface area (Å²) in [6, 6.07) is 0. The summed E-state index contributed by atoms with van der Waals surface area (Å²) in [7, 11) is -4.64. The fourth-order valence-electron chi connectivity index (χ4n) is 7.95. The summed E-state index contributed by atoms with van der Waals surface area (Å²) in [6.07, 6.45) is 30.9. The minimum absolute atomic E-state index is 0.714. The van der Waals surface area contributed by atoms with Gasteiger partial charge in [-0.2, -0.15) is 0 Å². The molecule has 0 aromatic heterocycles. The average molecular weight is 719 g/mol. The zero-order valence-corrected chi connectivity index (χ0v) is 35.6. The summed E-state index contributed by atoms with van der Waals surface area (Å²) >= 11 is 0. The fraction of sp³-hybridized carbons (Fsp3) is 1.00. The van der Waals surface area contributed by atoms with Crippen LogP contribution < -0.4 is 0 Å². The predicted octanol–water partition coefficient (Wildman–Crippen LogP) is 14.6. The van der Waals surface area contributed by atoms with E-state index in [2.05, 4.69) is 55.4 Å². The highest BCUT2D eigenvalue weighted by atomic mass is 31.2. The monoisotopic (exact) mass is 719 g/mol. The maximum Gasteiger partial charge on any atom is 0.172 e. The Morgan fingerprint density at radius 2 is 0.458 bits per heavy atom. The molecule has 0 rings (SSSR count). The van der Waals surface area contributed by atoms with Crippen LogP contribution in [-0.4, -0.2) is 29.9 Å². The molecule has 0 aromatic carbocycles. The van der Waals surface area contributed by atoms with Gasteiger partial charge in [-0.25, -0.2) is 0 Å². The maximum atomic E-state index is 11.5. The summed E-state index contributed by atoms with van der Waals surface area (Å²) in [5, 5.41) is -1.61. The van der Waals surface area contributed by atoms with Crippen LogP contribution >= 0.6 is 16.8 Å². The molecule has 0 aliphatic carbocycles. The molecule has 0 saturated carbocycles. The second-order valence-corrected chi connectivity index (χ2v) is 20.3. The van der Waals surface area contributed by atoms with Gasteiger partial charge in [0, 0.05) is 0 Å². The zero-order chi connectivity index (χ0) is 36.3. The first kappa shape index (κ1) is 48.7. The molecule has 0 fully saturated rings. The van der Waals surface area contributed by atoms with Crippen molar-refractivity contribution in [2.75, 3.05) is 0 Å². The molecule has 6 heteroatoms. The van der Waals surface area contributed by atoms with Crippen LogP contribution in [0, 0.1) is 23.7 Å². The van der Waals surface area contributed by atoms with E-state index in [1.165, 1.54) is 103 Å². The summed E-state index contributed by atoms with van der Waals surface area (Å²) in [5.74, 6) is 2.98. The molecular formula is C42H88O4P2. The summed E-state index contributed by atoms with van der Waals surface area (Å²) in [6.45, 7) is 18.4. The van der Waals surface area contributed by atoms with E-state index in [1.54, 1.807) is 0 Å². The molecular weight excluding hydrogens is 630 g/mol. The molecule has 0 amide bonds. The molecule has 48 heavy (non-hydrogen) atoms. The van der Waals surface area contributed by atoms with E-state index in [1.807, 2.05) is 0 Å². The minimum Gasteiger partial charge on any atom is -0.350 e. The van der Waals surface area contributed by atoms with E-state index in [9.17, 15) is 19.6 Å². The lowest BCUT2D eigenvalue weighted by Gasteiger charge is -2.52. The molecule has 0 heterocycles. The average Bonchev–Trinajstić information content (AvgIpc) is 3.00. The third-order valence-corrected chi connectivity index (χ3v) is 14.6. The first-order valence-electron chi connectivity index (χ1n) is 21.2. The third kappa shape index (κ3) is 22.6. The maximum absolute atomic E-state index is 11.5. The van der Waals surface area contributed by atoms with Gasteiger partial charge in [0.2, 0.25) is 0 Å². The van der Waals surface area contributed by atoms with Crippen LogP contribution in [0.5, 0.6) is 0 Å². The number of hydrogen-bond donors (Lipinski definition) is 4. The number of rotatable bonds is 35. The topological polar surface area (TPSA) is 80.9 Å². The molecule has 0 aliphatic heterocycles. The Morgan fingerprint density at radius 3 is 0.625 bits per heavy atom. The van der Waals surface area contributed by atoms with Crippen molar-refractivity contribution in [2.24, 2.45) is 23.7 Å². The molecule has 0 atom stereocenters. The van der Waals surface area contributed by atoms with Gasteiger partial charge >= 0.3 is 0 Å². The first-order chi connectivity index (χ1) is 22.8. The molecule has 4 nitrogen and oxygen atoms in total. The molecule has 4 N–H and O–H groups in total. The second kappa shape index (κ2) is 30.2. The van der Waals surface area contributed by atoms with Crippen molar-refractivity contribution in [3.8, 4) is 0 Å². The van der Waals surface area contributed by atoms with E-state index >= 15 is 0 Å². The van der Waals surface area contributed by atoms with E-state index in [4.69, 9.17) is 0 Å². The summed E-state index contributed by atoms with van der Waals surface area (Å²) in [5.41, 5.74) is 0. The minimum atomic E-state index is -2.32. The van der Waals surface area contributed by atoms with Crippen molar-refractivity contribution >= 4 is 16.8 Å². The highest BCUT2D eigenvalue weighted by Gasteiger charge is 2.58. The lowest BCUT2D eigenvalue weighted by molar-refractivity contribution is 0.234. The zero-order valence-electron chi connectivity index (χ0n) is 33.8. The lowest BCUT2D eigenvalue weighted by atomic mass is 9.75. The smallest absolute Gasteiger partial charge is 0.172 e. The van der Waals surface area contributed by atoms with Crippen LogP contribution in [0.4, 0.5) is 0 Å². The summed E-state index contributed by atoms with van der Waals surface area (Å²) < 4.78 is 0. The molecule has 0 spiro atoms. The largest absolute Gasteiger partial charge is 0.350 e. The Bertz CT molecular complexity index is 593. The van der Waals surface area contributed by atoms with Crippen molar-refractivity contribution < 1.29 is 19.6 Å².